The van der Waals surface area contributed by atoms with E-state index in [0.717, 1.165) is 41.5 Å². The van der Waals surface area contributed by atoms with E-state index in [4.69, 9.17) is 0 Å². The number of hydrogen-bond acceptors (Lipinski definition) is 3. The van der Waals surface area contributed by atoms with Crippen molar-refractivity contribution in [3.05, 3.63) is 70.8 Å². The fourth-order valence-corrected chi connectivity index (χ4v) is 2.72. The zero-order valence-electron chi connectivity index (χ0n) is 12.7. The Kier molecular flexibility index (Phi) is 4.29. The van der Waals surface area contributed by atoms with Gasteiger partial charge >= 0.3 is 0 Å². The van der Waals surface area contributed by atoms with Gasteiger partial charge in [-0.1, -0.05) is 24.3 Å². The molecule has 0 heterocycles. The van der Waals surface area contributed by atoms with E-state index in [2.05, 4.69) is 0 Å². The first-order valence-electron chi connectivity index (χ1n) is 7.66. The molecule has 0 atom stereocenters. The number of phenols is 2. The Labute approximate surface area is 135 Å². The van der Waals surface area contributed by atoms with E-state index in [-0.39, 0.29) is 17.3 Å². The third kappa shape index (κ3) is 3.69. The zero-order chi connectivity index (χ0) is 16.2. The van der Waals surface area contributed by atoms with Gasteiger partial charge in [0.1, 0.15) is 11.5 Å². The van der Waals surface area contributed by atoms with Gasteiger partial charge in [0.25, 0.3) is 0 Å². The third-order valence-electron chi connectivity index (χ3n) is 3.94. The van der Waals surface area contributed by atoms with E-state index in [0.29, 0.717) is 0 Å². The Morgan fingerprint density at radius 3 is 1.48 bits per heavy atom. The molecule has 116 valence electrons. The van der Waals surface area contributed by atoms with Crippen LogP contribution >= 0.6 is 0 Å². The summed E-state index contributed by atoms with van der Waals surface area (Å²) in [6.45, 7) is 0. The zero-order valence-corrected chi connectivity index (χ0v) is 12.7. The summed E-state index contributed by atoms with van der Waals surface area (Å²) < 4.78 is 0. The number of aromatic hydroxyl groups is 2. The summed E-state index contributed by atoms with van der Waals surface area (Å²) in [6.07, 6.45) is 6.27. The molecule has 2 aromatic rings. The van der Waals surface area contributed by atoms with Gasteiger partial charge in [0.05, 0.1) is 0 Å². The Morgan fingerprint density at radius 1 is 0.696 bits per heavy atom. The molecule has 0 unspecified atom stereocenters. The van der Waals surface area contributed by atoms with Crippen molar-refractivity contribution in [1.29, 1.82) is 0 Å². The lowest BCUT2D eigenvalue weighted by Crippen LogP contribution is -2.12. The Bertz CT molecular complexity index is 700. The highest BCUT2D eigenvalue weighted by Gasteiger charge is 2.20. The molecule has 0 radical (unpaired) electrons. The van der Waals surface area contributed by atoms with Gasteiger partial charge < -0.3 is 10.2 Å². The Morgan fingerprint density at radius 2 is 1.09 bits per heavy atom. The Balaban J connectivity index is 1.86. The smallest absolute Gasteiger partial charge is 0.185 e. The maximum absolute atomic E-state index is 12.6. The first-order chi connectivity index (χ1) is 11.1. The number of phenolic OH excluding ortho intramolecular Hbond substituents is 2. The molecule has 2 N–H and O–H groups in total. The third-order valence-corrected chi connectivity index (χ3v) is 3.94. The minimum absolute atomic E-state index is 0.0809. The second-order valence-electron chi connectivity index (χ2n) is 5.70. The molecule has 0 aliphatic heterocycles. The molecule has 23 heavy (non-hydrogen) atoms. The van der Waals surface area contributed by atoms with Gasteiger partial charge in [-0.3, -0.25) is 4.79 Å². The molecule has 1 saturated carbocycles. The lowest BCUT2D eigenvalue weighted by molar-refractivity contribution is -0.112. The van der Waals surface area contributed by atoms with Crippen LogP contribution in [0.3, 0.4) is 0 Å². The number of rotatable bonds is 2. The van der Waals surface area contributed by atoms with Gasteiger partial charge in [-0.15, -0.1) is 0 Å². The van der Waals surface area contributed by atoms with E-state index in [1.54, 1.807) is 48.5 Å². The minimum atomic E-state index is 0.0809. The topological polar surface area (TPSA) is 57.5 Å². The molecule has 0 aromatic heterocycles. The number of carbonyl (C=O) groups is 1. The van der Waals surface area contributed by atoms with Crippen LogP contribution in [0.15, 0.2) is 59.7 Å². The number of hydrogen-bond donors (Lipinski definition) is 2. The van der Waals surface area contributed by atoms with Gasteiger partial charge in [0, 0.05) is 11.1 Å². The summed E-state index contributed by atoms with van der Waals surface area (Å²) in [5, 5.41) is 18.7. The number of allylic oxidation sites excluding steroid dienone is 2. The van der Waals surface area contributed by atoms with Gasteiger partial charge in [0.2, 0.25) is 0 Å². The maximum Gasteiger partial charge on any atom is 0.185 e. The largest absolute Gasteiger partial charge is 0.508 e. The van der Waals surface area contributed by atoms with Crippen molar-refractivity contribution < 1.29 is 15.0 Å². The Hall–Kier alpha value is -2.81. The molecule has 0 spiro atoms. The van der Waals surface area contributed by atoms with Gasteiger partial charge in [-0.25, -0.2) is 0 Å². The maximum atomic E-state index is 12.6. The fourth-order valence-electron chi connectivity index (χ4n) is 2.72. The SMILES string of the molecule is O=C1C(=Cc2ccc(O)cc2)CCCC1=Cc1ccc(O)cc1. The lowest BCUT2D eigenvalue weighted by atomic mass is 9.87. The van der Waals surface area contributed by atoms with E-state index in [1.807, 2.05) is 12.2 Å². The van der Waals surface area contributed by atoms with Crippen molar-refractivity contribution in [1.82, 2.24) is 0 Å². The predicted octanol–water partition coefficient (Wildman–Crippen LogP) is 4.32. The number of carbonyl (C=O) groups excluding carboxylic acids is 1. The van der Waals surface area contributed by atoms with Crippen LogP contribution in [0.2, 0.25) is 0 Å². The molecule has 0 amide bonds. The molecule has 0 saturated heterocycles. The molecule has 3 rings (SSSR count). The first-order valence-corrected chi connectivity index (χ1v) is 7.66. The quantitative estimate of drug-likeness (QED) is 0.812. The standard InChI is InChI=1S/C20H18O3/c21-18-8-4-14(5-9-18)12-16-2-1-3-17(20(16)23)13-15-6-10-19(22)11-7-15/h4-13,21-22H,1-3H2. The summed E-state index contributed by atoms with van der Waals surface area (Å²) in [5.74, 6) is 0.516. The molecule has 3 nitrogen and oxygen atoms in total. The summed E-state index contributed by atoms with van der Waals surface area (Å²) >= 11 is 0. The van der Waals surface area contributed by atoms with Crippen LogP contribution in [0.4, 0.5) is 0 Å². The average molecular weight is 306 g/mol. The molecular formula is C20H18O3. The van der Waals surface area contributed by atoms with Gasteiger partial charge in [0.15, 0.2) is 5.78 Å². The predicted molar refractivity (Wildman–Crippen MR) is 91.0 cm³/mol. The molecule has 2 aromatic carbocycles. The number of benzene rings is 2. The number of Topliss-reactive ketones (excluding diaryl/α,β-unsaturated/α-hetero) is 1. The van der Waals surface area contributed by atoms with Crippen molar-refractivity contribution in [3.63, 3.8) is 0 Å². The molecule has 0 bridgehead atoms. The van der Waals surface area contributed by atoms with Crippen molar-refractivity contribution in [2.45, 2.75) is 19.3 Å². The molecule has 3 heteroatoms. The van der Waals surface area contributed by atoms with Crippen LogP contribution < -0.4 is 0 Å². The van der Waals surface area contributed by atoms with Crippen molar-refractivity contribution >= 4 is 17.9 Å². The monoisotopic (exact) mass is 306 g/mol. The van der Waals surface area contributed by atoms with E-state index >= 15 is 0 Å². The first kappa shape index (κ1) is 15.1. The highest BCUT2D eigenvalue weighted by atomic mass is 16.3. The molecule has 1 aliphatic rings. The van der Waals surface area contributed by atoms with Crippen molar-refractivity contribution in [3.8, 4) is 11.5 Å². The van der Waals surface area contributed by atoms with E-state index in [1.165, 1.54) is 0 Å². The normalized spacial score (nSPS) is 18.5. The minimum Gasteiger partial charge on any atom is -0.508 e. The molecule has 1 aliphatic carbocycles. The fraction of sp³-hybridized carbons (Fsp3) is 0.150. The second kappa shape index (κ2) is 6.53. The van der Waals surface area contributed by atoms with Crippen molar-refractivity contribution in [2.75, 3.05) is 0 Å². The van der Waals surface area contributed by atoms with Crippen LogP contribution in [0, 0.1) is 0 Å². The summed E-state index contributed by atoms with van der Waals surface area (Å²) in [7, 11) is 0. The van der Waals surface area contributed by atoms with Crippen LogP contribution in [0.1, 0.15) is 30.4 Å². The summed E-state index contributed by atoms with van der Waals surface area (Å²) in [5.41, 5.74) is 3.42. The van der Waals surface area contributed by atoms with E-state index < -0.39 is 0 Å². The van der Waals surface area contributed by atoms with Crippen molar-refractivity contribution in [2.24, 2.45) is 0 Å². The van der Waals surface area contributed by atoms with Gasteiger partial charge in [-0.05, 0) is 66.8 Å². The van der Waals surface area contributed by atoms with Crippen LogP contribution in [0.25, 0.3) is 12.2 Å². The van der Waals surface area contributed by atoms with Crippen LogP contribution in [-0.2, 0) is 4.79 Å². The van der Waals surface area contributed by atoms with Crippen LogP contribution in [-0.4, -0.2) is 16.0 Å². The second-order valence-corrected chi connectivity index (χ2v) is 5.70. The summed E-state index contributed by atoms with van der Waals surface area (Å²) in [4.78, 5) is 12.6. The van der Waals surface area contributed by atoms with Gasteiger partial charge in [-0.2, -0.15) is 0 Å². The van der Waals surface area contributed by atoms with Crippen LogP contribution in [0.5, 0.6) is 11.5 Å². The molecular weight excluding hydrogens is 288 g/mol. The highest BCUT2D eigenvalue weighted by molar-refractivity contribution is 6.13. The van der Waals surface area contributed by atoms with E-state index in [9.17, 15) is 15.0 Å². The highest BCUT2D eigenvalue weighted by Crippen LogP contribution is 2.28. The average Bonchev–Trinajstić information content (AvgIpc) is 2.55. The lowest BCUT2D eigenvalue weighted by Gasteiger charge is -2.16. The molecule has 1 fully saturated rings. The summed E-state index contributed by atoms with van der Waals surface area (Å²) in [6, 6.07) is 13.7. The number of ketones is 1.